The van der Waals surface area contributed by atoms with Crippen molar-refractivity contribution in [3.63, 3.8) is 0 Å². The molecule has 88 valence electrons. The lowest BCUT2D eigenvalue weighted by Crippen LogP contribution is -2.13. The zero-order chi connectivity index (χ0) is 10.9. The van der Waals surface area contributed by atoms with Gasteiger partial charge in [-0.25, -0.2) is 0 Å². The second-order valence-corrected chi connectivity index (χ2v) is 4.63. The molecule has 0 N–H and O–H groups in total. The molecule has 0 bridgehead atoms. The Labute approximate surface area is 94.9 Å². The number of unbranched alkanes of at least 4 members (excludes halogenated alkanes) is 1. The van der Waals surface area contributed by atoms with Gasteiger partial charge >= 0.3 is 0 Å². The minimum Gasteiger partial charge on any atom is -0.498 e. The van der Waals surface area contributed by atoms with Gasteiger partial charge in [-0.15, -0.1) is 0 Å². The van der Waals surface area contributed by atoms with E-state index in [2.05, 4.69) is 20.1 Å². The first-order valence-corrected chi connectivity index (χ1v) is 6.70. The van der Waals surface area contributed by atoms with Gasteiger partial charge in [0.05, 0.1) is 12.4 Å². The van der Waals surface area contributed by atoms with E-state index in [4.69, 9.17) is 4.74 Å². The van der Waals surface area contributed by atoms with Gasteiger partial charge in [0.15, 0.2) is 0 Å². The minimum absolute atomic E-state index is 0.516. The van der Waals surface area contributed by atoms with Crippen LogP contribution in [0.5, 0.6) is 0 Å². The van der Waals surface area contributed by atoms with Crippen LogP contribution >= 0.6 is 0 Å². The summed E-state index contributed by atoms with van der Waals surface area (Å²) in [5, 5.41) is 0. The number of allylic oxidation sites excluding steroid dienone is 1. The summed E-state index contributed by atoms with van der Waals surface area (Å²) in [7, 11) is 0. The van der Waals surface area contributed by atoms with Gasteiger partial charge in [-0.05, 0) is 50.5 Å². The molecule has 0 amide bonds. The van der Waals surface area contributed by atoms with Crippen molar-refractivity contribution in [2.75, 3.05) is 0 Å². The van der Waals surface area contributed by atoms with Gasteiger partial charge in [0, 0.05) is 0 Å². The van der Waals surface area contributed by atoms with E-state index in [0.29, 0.717) is 6.10 Å². The summed E-state index contributed by atoms with van der Waals surface area (Å²) in [6, 6.07) is 0. The van der Waals surface area contributed by atoms with E-state index in [1.807, 2.05) is 0 Å². The third kappa shape index (κ3) is 5.25. The fraction of sp³-hybridized carbons (Fsp3) is 0.857. The van der Waals surface area contributed by atoms with Crippen LogP contribution in [0, 0.1) is 0 Å². The van der Waals surface area contributed by atoms with Gasteiger partial charge in [0.25, 0.3) is 0 Å². The van der Waals surface area contributed by atoms with Crippen molar-refractivity contribution in [2.45, 2.75) is 77.7 Å². The molecule has 0 spiro atoms. The molecule has 1 fully saturated rings. The number of ether oxygens (including phenoxy) is 1. The summed E-state index contributed by atoms with van der Waals surface area (Å²) in [6.07, 6.45) is 14.2. The third-order valence-electron chi connectivity index (χ3n) is 3.28. The van der Waals surface area contributed by atoms with Crippen LogP contribution in [0.2, 0.25) is 0 Å². The minimum atomic E-state index is 0.516. The highest BCUT2D eigenvalue weighted by atomic mass is 16.5. The SMILES string of the molecule is CCCC/C(=C/OC1CCCCC1)CC. The molecule has 0 aliphatic heterocycles. The van der Waals surface area contributed by atoms with Crippen molar-refractivity contribution in [1.82, 2.24) is 0 Å². The highest BCUT2D eigenvalue weighted by molar-refractivity contribution is 4.97. The van der Waals surface area contributed by atoms with Crippen LogP contribution in [-0.2, 0) is 4.74 Å². The molecular weight excluding hydrogens is 184 g/mol. The Morgan fingerprint density at radius 3 is 2.53 bits per heavy atom. The fourth-order valence-electron chi connectivity index (χ4n) is 2.12. The third-order valence-corrected chi connectivity index (χ3v) is 3.28. The second kappa shape index (κ2) is 7.78. The van der Waals surface area contributed by atoms with E-state index in [1.165, 1.54) is 56.9 Å². The molecule has 1 aliphatic carbocycles. The summed E-state index contributed by atoms with van der Waals surface area (Å²) >= 11 is 0. The van der Waals surface area contributed by atoms with E-state index < -0.39 is 0 Å². The van der Waals surface area contributed by atoms with Crippen LogP contribution in [0.15, 0.2) is 11.8 Å². The van der Waals surface area contributed by atoms with E-state index in [9.17, 15) is 0 Å². The molecule has 1 saturated carbocycles. The summed E-state index contributed by atoms with van der Waals surface area (Å²) in [4.78, 5) is 0. The van der Waals surface area contributed by atoms with Crippen LogP contribution < -0.4 is 0 Å². The lowest BCUT2D eigenvalue weighted by Gasteiger charge is -2.21. The van der Waals surface area contributed by atoms with E-state index in [-0.39, 0.29) is 0 Å². The number of hydrogen-bond acceptors (Lipinski definition) is 1. The Morgan fingerprint density at radius 1 is 1.20 bits per heavy atom. The zero-order valence-electron chi connectivity index (χ0n) is 10.4. The van der Waals surface area contributed by atoms with Crippen LogP contribution in [-0.4, -0.2) is 6.10 Å². The van der Waals surface area contributed by atoms with Crippen molar-refractivity contribution < 1.29 is 4.74 Å². The Kier molecular flexibility index (Phi) is 6.54. The van der Waals surface area contributed by atoms with E-state index in [1.54, 1.807) is 0 Å². The summed E-state index contributed by atoms with van der Waals surface area (Å²) < 4.78 is 5.87. The molecule has 0 aromatic heterocycles. The summed E-state index contributed by atoms with van der Waals surface area (Å²) in [6.45, 7) is 4.47. The standard InChI is InChI=1S/C14H26O/c1-3-5-9-13(4-2)12-15-14-10-7-6-8-11-14/h12,14H,3-11H2,1-2H3/b13-12+. The molecule has 0 radical (unpaired) electrons. The summed E-state index contributed by atoms with van der Waals surface area (Å²) in [5.74, 6) is 0. The molecule has 15 heavy (non-hydrogen) atoms. The molecule has 1 rings (SSSR count). The number of hydrogen-bond donors (Lipinski definition) is 0. The molecule has 0 unspecified atom stereocenters. The molecule has 0 atom stereocenters. The number of rotatable bonds is 6. The van der Waals surface area contributed by atoms with Crippen molar-refractivity contribution in [1.29, 1.82) is 0 Å². The van der Waals surface area contributed by atoms with Gasteiger partial charge < -0.3 is 4.74 Å². The van der Waals surface area contributed by atoms with E-state index >= 15 is 0 Å². The van der Waals surface area contributed by atoms with Crippen LogP contribution in [0.25, 0.3) is 0 Å². The predicted molar refractivity (Wildman–Crippen MR) is 65.9 cm³/mol. The highest BCUT2D eigenvalue weighted by Crippen LogP contribution is 2.21. The molecular formula is C14H26O. The van der Waals surface area contributed by atoms with Crippen molar-refractivity contribution in [3.8, 4) is 0 Å². The average Bonchev–Trinajstić information content (AvgIpc) is 2.31. The maximum atomic E-state index is 5.87. The molecule has 0 aromatic carbocycles. The van der Waals surface area contributed by atoms with Crippen LogP contribution in [0.3, 0.4) is 0 Å². The van der Waals surface area contributed by atoms with Gasteiger partial charge in [0.1, 0.15) is 0 Å². The Balaban J connectivity index is 2.25. The maximum Gasteiger partial charge on any atom is 0.0978 e. The smallest absolute Gasteiger partial charge is 0.0978 e. The van der Waals surface area contributed by atoms with Crippen molar-refractivity contribution in [3.05, 3.63) is 11.8 Å². The lowest BCUT2D eigenvalue weighted by molar-refractivity contribution is 0.104. The first kappa shape index (κ1) is 12.6. The summed E-state index contributed by atoms with van der Waals surface area (Å²) in [5.41, 5.74) is 1.49. The zero-order valence-corrected chi connectivity index (χ0v) is 10.4. The topological polar surface area (TPSA) is 9.23 Å². The van der Waals surface area contributed by atoms with Crippen LogP contribution in [0.4, 0.5) is 0 Å². The van der Waals surface area contributed by atoms with Crippen molar-refractivity contribution >= 4 is 0 Å². The Bertz CT molecular complexity index is 178. The van der Waals surface area contributed by atoms with Gasteiger partial charge in [-0.1, -0.05) is 26.7 Å². The molecule has 1 heteroatoms. The monoisotopic (exact) mass is 210 g/mol. The second-order valence-electron chi connectivity index (χ2n) is 4.63. The predicted octanol–water partition coefficient (Wildman–Crippen LogP) is 4.82. The molecule has 0 heterocycles. The van der Waals surface area contributed by atoms with E-state index in [0.717, 1.165) is 6.42 Å². The first-order chi connectivity index (χ1) is 7.36. The molecule has 1 nitrogen and oxygen atoms in total. The molecule has 0 saturated heterocycles. The van der Waals surface area contributed by atoms with Gasteiger partial charge in [-0.3, -0.25) is 0 Å². The quantitative estimate of drug-likeness (QED) is 0.571. The normalized spacial score (nSPS) is 19.2. The highest BCUT2D eigenvalue weighted by Gasteiger charge is 2.12. The van der Waals surface area contributed by atoms with Gasteiger partial charge in [-0.2, -0.15) is 0 Å². The largest absolute Gasteiger partial charge is 0.498 e. The Morgan fingerprint density at radius 2 is 1.93 bits per heavy atom. The average molecular weight is 210 g/mol. The molecule has 0 aromatic rings. The Hall–Kier alpha value is -0.460. The van der Waals surface area contributed by atoms with Gasteiger partial charge in [0.2, 0.25) is 0 Å². The van der Waals surface area contributed by atoms with Crippen molar-refractivity contribution in [2.24, 2.45) is 0 Å². The maximum absolute atomic E-state index is 5.87. The van der Waals surface area contributed by atoms with Crippen LogP contribution in [0.1, 0.15) is 71.6 Å². The first-order valence-electron chi connectivity index (χ1n) is 6.70. The lowest BCUT2D eigenvalue weighted by atomic mass is 9.98. The fourth-order valence-corrected chi connectivity index (χ4v) is 2.12. The molecule has 1 aliphatic rings.